The van der Waals surface area contributed by atoms with Crippen LogP contribution >= 0.6 is 15.9 Å². The first-order chi connectivity index (χ1) is 22.4. The summed E-state index contributed by atoms with van der Waals surface area (Å²) in [6.07, 6.45) is 10.8. The number of hydrogen-bond donors (Lipinski definition) is 3. The molecule has 1 unspecified atom stereocenters. The van der Waals surface area contributed by atoms with Gasteiger partial charge >= 0.3 is 0 Å². The number of piperidine rings is 1. The highest BCUT2D eigenvalue weighted by atomic mass is 79.9. The fourth-order valence-corrected chi connectivity index (χ4v) is 7.00. The van der Waals surface area contributed by atoms with Gasteiger partial charge in [0.05, 0.1) is 40.8 Å². The summed E-state index contributed by atoms with van der Waals surface area (Å²) < 4.78 is 27.4. The molecule has 2 aromatic heterocycles. The first-order valence-corrected chi connectivity index (χ1v) is 18.0. The average molecular weight is 711 g/mol. The van der Waals surface area contributed by atoms with E-state index in [1.807, 2.05) is 12.1 Å². The van der Waals surface area contributed by atoms with Crippen LogP contribution in [0.4, 0.5) is 34.5 Å². The van der Waals surface area contributed by atoms with Crippen molar-refractivity contribution < 1.29 is 13.7 Å². The number of aryl methyl sites for hydroxylation is 1. The number of halogens is 1. The molecule has 2 aromatic carbocycles. The molecule has 46 heavy (non-hydrogen) atoms. The summed E-state index contributed by atoms with van der Waals surface area (Å²) >= 11 is 3.57. The minimum atomic E-state index is -1.33. The van der Waals surface area contributed by atoms with Crippen molar-refractivity contribution in [3.8, 4) is 5.75 Å². The van der Waals surface area contributed by atoms with Gasteiger partial charge in [0.2, 0.25) is 5.95 Å². The summed E-state index contributed by atoms with van der Waals surface area (Å²) in [6.45, 7) is 8.08. The molecule has 0 bridgehead atoms. The first-order valence-electron chi connectivity index (χ1n) is 15.6. The predicted molar refractivity (Wildman–Crippen MR) is 188 cm³/mol. The van der Waals surface area contributed by atoms with Gasteiger partial charge in [-0.15, -0.1) is 0 Å². The lowest BCUT2D eigenvalue weighted by molar-refractivity contribution is 0.125. The van der Waals surface area contributed by atoms with Gasteiger partial charge in [-0.3, -0.25) is 14.9 Å². The molecule has 0 radical (unpaired) electrons. The van der Waals surface area contributed by atoms with Crippen LogP contribution in [0.15, 0.2) is 47.3 Å². The third-order valence-corrected chi connectivity index (χ3v) is 9.56. The van der Waals surface area contributed by atoms with Crippen molar-refractivity contribution in [1.29, 1.82) is 0 Å². The van der Waals surface area contributed by atoms with Crippen molar-refractivity contribution in [2.24, 2.45) is 0 Å². The second kappa shape index (κ2) is 14.9. The predicted octanol–water partition coefficient (Wildman–Crippen LogP) is 5.64. The summed E-state index contributed by atoms with van der Waals surface area (Å²) in [5, 5.41) is 6.73. The molecule has 0 amide bonds. The number of hydrogen-bond acceptors (Lipinski definition) is 11. The monoisotopic (exact) mass is 709 g/mol. The SMILES string of the molecule is CCc1cc(Nc2ncc(Br)c(Nc3ccc4nccnc4c3NS(C)=O)n2)c(OC)cc1N1CCC(N2CCCOCC2)CC1. The maximum absolute atomic E-state index is 12.2. The summed E-state index contributed by atoms with van der Waals surface area (Å²) in [4.78, 5) is 23.2. The van der Waals surface area contributed by atoms with E-state index in [4.69, 9.17) is 14.5 Å². The molecule has 6 rings (SSSR count). The van der Waals surface area contributed by atoms with Crippen molar-refractivity contribution in [3.05, 3.63) is 52.9 Å². The summed E-state index contributed by atoms with van der Waals surface area (Å²) in [5.41, 5.74) is 5.75. The Morgan fingerprint density at radius 1 is 1.04 bits per heavy atom. The molecule has 0 spiro atoms. The van der Waals surface area contributed by atoms with Crippen LogP contribution in [0.5, 0.6) is 5.75 Å². The summed E-state index contributed by atoms with van der Waals surface area (Å²) in [5.74, 6) is 1.65. The minimum absolute atomic E-state index is 0.398. The Kier molecular flexibility index (Phi) is 10.5. The van der Waals surface area contributed by atoms with Crippen LogP contribution in [-0.2, 0) is 22.1 Å². The zero-order valence-corrected chi connectivity index (χ0v) is 28.8. The standard InChI is InChI=1S/C32H40BrN9O3S/c1-4-21-18-26(28(44-2)19-27(21)42-13-8-22(9-14-42)41-12-5-16-45-17-15-41)38-32-36-20-23(33)31(39-32)37-25-7-6-24-29(35-11-10-34-24)30(25)40-46(3)43/h6-7,10-11,18-20,22,40H,4-5,8-9,12-17H2,1-3H3,(H2,36,37,38,39). The van der Waals surface area contributed by atoms with Gasteiger partial charge in [0.15, 0.2) is 0 Å². The van der Waals surface area contributed by atoms with E-state index in [0.717, 1.165) is 76.5 Å². The third kappa shape index (κ3) is 7.35. The van der Waals surface area contributed by atoms with E-state index in [-0.39, 0.29) is 0 Å². The maximum Gasteiger partial charge on any atom is 0.229 e. The minimum Gasteiger partial charge on any atom is -0.494 e. The lowest BCUT2D eigenvalue weighted by Crippen LogP contribution is -2.46. The van der Waals surface area contributed by atoms with E-state index < -0.39 is 11.0 Å². The highest BCUT2D eigenvalue weighted by Crippen LogP contribution is 2.38. The maximum atomic E-state index is 12.2. The normalized spacial score (nSPS) is 17.0. The van der Waals surface area contributed by atoms with Crippen molar-refractivity contribution in [3.63, 3.8) is 0 Å². The Morgan fingerprint density at radius 3 is 2.65 bits per heavy atom. The fraction of sp³-hybridized carbons (Fsp3) is 0.438. The second-order valence-corrected chi connectivity index (χ2v) is 13.3. The van der Waals surface area contributed by atoms with Gasteiger partial charge in [-0.05, 0) is 65.4 Å². The Balaban J connectivity index is 1.22. The Bertz CT molecular complexity index is 1700. The van der Waals surface area contributed by atoms with Crippen LogP contribution in [-0.4, -0.2) is 87.8 Å². The fourth-order valence-electron chi connectivity index (χ4n) is 6.21. The number of methoxy groups -OCH3 is 1. The van der Waals surface area contributed by atoms with Crippen LogP contribution in [0, 0.1) is 0 Å². The van der Waals surface area contributed by atoms with Crippen molar-refractivity contribution in [2.45, 2.75) is 38.6 Å². The number of ether oxygens (including phenoxy) is 2. The lowest BCUT2D eigenvalue weighted by Gasteiger charge is -2.39. The molecule has 1 atom stereocenters. The summed E-state index contributed by atoms with van der Waals surface area (Å²) in [7, 11) is 0.357. The van der Waals surface area contributed by atoms with E-state index in [1.165, 1.54) is 11.3 Å². The van der Waals surface area contributed by atoms with Crippen LogP contribution < -0.4 is 25.0 Å². The van der Waals surface area contributed by atoms with Crippen LogP contribution in [0.25, 0.3) is 11.0 Å². The van der Waals surface area contributed by atoms with Crippen molar-refractivity contribution in [1.82, 2.24) is 24.8 Å². The molecule has 3 N–H and O–H groups in total. The van der Waals surface area contributed by atoms with E-state index >= 15 is 0 Å². The van der Waals surface area contributed by atoms with Crippen LogP contribution in [0.3, 0.4) is 0 Å². The molecule has 4 heterocycles. The van der Waals surface area contributed by atoms with E-state index in [2.05, 4.69) is 75.1 Å². The molecule has 4 aromatic rings. The van der Waals surface area contributed by atoms with Crippen LogP contribution in [0.2, 0.25) is 0 Å². The zero-order valence-electron chi connectivity index (χ0n) is 26.4. The molecule has 12 nitrogen and oxygen atoms in total. The number of rotatable bonds is 10. The molecule has 2 fully saturated rings. The van der Waals surface area contributed by atoms with Gasteiger partial charge in [-0.2, -0.15) is 4.98 Å². The smallest absolute Gasteiger partial charge is 0.229 e. The van der Waals surface area contributed by atoms with Gasteiger partial charge in [-0.1, -0.05) is 6.92 Å². The summed E-state index contributed by atoms with van der Waals surface area (Å²) in [6, 6.07) is 8.60. The quantitative estimate of drug-likeness (QED) is 0.189. The molecule has 2 aliphatic heterocycles. The van der Waals surface area contributed by atoms with E-state index in [9.17, 15) is 4.21 Å². The topological polar surface area (TPSA) is 130 Å². The number of benzene rings is 2. The van der Waals surface area contributed by atoms with Gasteiger partial charge in [-0.25, -0.2) is 9.19 Å². The van der Waals surface area contributed by atoms with E-state index in [1.54, 1.807) is 32.0 Å². The third-order valence-electron chi connectivity index (χ3n) is 8.49. The highest BCUT2D eigenvalue weighted by Gasteiger charge is 2.27. The molecular formula is C32H40BrN9O3S. The van der Waals surface area contributed by atoms with Gasteiger partial charge in [0.1, 0.15) is 28.1 Å². The Morgan fingerprint density at radius 2 is 1.87 bits per heavy atom. The van der Waals surface area contributed by atoms with E-state index in [0.29, 0.717) is 44.7 Å². The first kappa shape index (κ1) is 32.4. The largest absolute Gasteiger partial charge is 0.494 e. The average Bonchev–Trinajstić information content (AvgIpc) is 3.37. The second-order valence-electron chi connectivity index (χ2n) is 11.4. The number of anilines is 6. The molecule has 2 saturated heterocycles. The lowest BCUT2D eigenvalue weighted by atomic mass is 10.00. The Hall–Kier alpha value is -3.59. The van der Waals surface area contributed by atoms with Crippen molar-refractivity contribution in [2.75, 3.05) is 73.0 Å². The Labute approximate surface area is 280 Å². The molecular weight excluding hydrogens is 670 g/mol. The van der Waals surface area contributed by atoms with Gasteiger partial charge in [0.25, 0.3) is 0 Å². The molecule has 14 heteroatoms. The number of nitrogens with one attached hydrogen (secondary N) is 3. The molecule has 2 aliphatic rings. The van der Waals surface area contributed by atoms with Crippen molar-refractivity contribution >= 4 is 72.5 Å². The molecule has 0 saturated carbocycles. The number of nitrogens with zero attached hydrogens (tertiary/aromatic N) is 6. The molecule has 244 valence electrons. The van der Waals surface area contributed by atoms with Gasteiger partial charge in [0, 0.05) is 75.4 Å². The zero-order chi connectivity index (χ0) is 32.0. The molecule has 0 aliphatic carbocycles. The number of fused-ring (bicyclic) bond motifs is 1. The highest BCUT2D eigenvalue weighted by molar-refractivity contribution is 9.10. The number of aromatic nitrogens is 4. The van der Waals surface area contributed by atoms with Gasteiger partial charge < -0.3 is 29.7 Å². The van der Waals surface area contributed by atoms with Crippen LogP contribution in [0.1, 0.15) is 31.7 Å².